The van der Waals surface area contributed by atoms with Crippen molar-refractivity contribution in [2.24, 2.45) is 5.92 Å². The van der Waals surface area contributed by atoms with E-state index in [1.54, 1.807) is 7.05 Å². The van der Waals surface area contributed by atoms with Crippen LogP contribution in [0.5, 0.6) is 0 Å². The van der Waals surface area contributed by atoms with Crippen LogP contribution in [0.4, 0.5) is 0 Å². The van der Waals surface area contributed by atoms with Gasteiger partial charge in [0.15, 0.2) is 0 Å². The molecule has 4 nitrogen and oxygen atoms in total. The summed E-state index contributed by atoms with van der Waals surface area (Å²) in [5, 5.41) is 11.3. The second kappa shape index (κ2) is 6.12. The third-order valence-electron chi connectivity index (χ3n) is 1.35. The Bertz CT molecular complexity index is 115. The van der Waals surface area contributed by atoms with E-state index in [9.17, 15) is 4.79 Å². The fraction of sp³-hybridized carbons (Fsp3) is 0.857. The van der Waals surface area contributed by atoms with Crippen molar-refractivity contribution >= 4 is 5.97 Å². The van der Waals surface area contributed by atoms with Gasteiger partial charge in [-0.15, -0.1) is 0 Å². The van der Waals surface area contributed by atoms with Crippen molar-refractivity contribution in [3.63, 3.8) is 0 Å². The van der Waals surface area contributed by atoms with E-state index in [-0.39, 0.29) is 12.2 Å². The molecular formula is C7H18N2O2. The molecule has 4 heteroatoms. The SMILES string of the molecule is CNC(CC(C)C)C(=O)O.N. The fourth-order valence-corrected chi connectivity index (χ4v) is 0.814. The molecule has 0 aromatic heterocycles. The topological polar surface area (TPSA) is 84.3 Å². The lowest BCUT2D eigenvalue weighted by Crippen LogP contribution is -2.34. The van der Waals surface area contributed by atoms with Crippen LogP contribution < -0.4 is 11.5 Å². The third kappa shape index (κ3) is 5.82. The van der Waals surface area contributed by atoms with Crippen LogP contribution in [0.2, 0.25) is 0 Å². The van der Waals surface area contributed by atoms with Crippen LogP contribution in [0.1, 0.15) is 20.3 Å². The van der Waals surface area contributed by atoms with E-state index in [0.717, 1.165) is 0 Å². The molecule has 0 aliphatic carbocycles. The molecule has 68 valence electrons. The fourth-order valence-electron chi connectivity index (χ4n) is 0.814. The smallest absolute Gasteiger partial charge is 0.320 e. The molecule has 0 saturated carbocycles. The van der Waals surface area contributed by atoms with Crippen molar-refractivity contribution in [1.82, 2.24) is 11.5 Å². The van der Waals surface area contributed by atoms with E-state index in [1.807, 2.05) is 13.8 Å². The minimum absolute atomic E-state index is 0. The summed E-state index contributed by atoms with van der Waals surface area (Å²) in [5.41, 5.74) is 0. The van der Waals surface area contributed by atoms with Crippen LogP contribution in [0.3, 0.4) is 0 Å². The zero-order chi connectivity index (χ0) is 8.15. The summed E-state index contributed by atoms with van der Waals surface area (Å²) in [6, 6.07) is -0.389. The van der Waals surface area contributed by atoms with Gasteiger partial charge in [-0.05, 0) is 19.4 Å². The molecule has 0 saturated heterocycles. The Morgan fingerprint density at radius 2 is 2.00 bits per heavy atom. The maximum absolute atomic E-state index is 10.4. The first-order chi connectivity index (χ1) is 4.57. The number of carboxylic acid groups (broad SMARTS) is 1. The molecule has 11 heavy (non-hydrogen) atoms. The van der Waals surface area contributed by atoms with Gasteiger partial charge >= 0.3 is 5.97 Å². The molecule has 0 aliphatic rings. The number of aliphatic carboxylic acids is 1. The average molecular weight is 162 g/mol. The molecule has 0 aliphatic heterocycles. The summed E-state index contributed by atoms with van der Waals surface area (Å²) >= 11 is 0. The van der Waals surface area contributed by atoms with Gasteiger partial charge in [-0.1, -0.05) is 13.8 Å². The van der Waals surface area contributed by atoms with Crippen molar-refractivity contribution in [3.05, 3.63) is 0 Å². The molecule has 0 rings (SSSR count). The van der Waals surface area contributed by atoms with Crippen LogP contribution in [0, 0.1) is 5.92 Å². The quantitative estimate of drug-likeness (QED) is 0.572. The maximum Gasteiger partial charge on any atom is 0.320 e. The van der Waals surface area contributed by atoms with Gasteiger partial charge in [0, 0.05) is 0 Å². The number of nitrogens with one attached hydrogen (secondary N) is 1. The lowest BCUT2D eigenvalue weighted by Gasteiger charge is -2.12. The molecule has 1 unspecified atom stereocenters. The average Bonchev–Trinajstić information content (AvgIpc) is 1.81. The van der Waals surface area contributed by atoms with E-state index in [1.165, 1.54) is 0 Å². The van der Waals surface area contributed by atoms with Gasteiger partial charge in [0.2, 0.25) is 0 Å². The zero-order valence-corrected chi connectivity index (χ0v) is 7.42. The van der Waals surface area contributed by atoms with Gasteiger partial charge < -0.3 is 16.6 Å². The van der Waals surface area contributed by atoms with E-state index >= 15 is 0 Å². The lowest BCUT2D eigenvalue weighted by atomic mass is 10.0. The first-order valence-corrected chi connectivity index (χ1v) is 3.48. The Kier molecular flexibility index (Phi) is 7.24. The first kappa shape index (κ1) is 13.0. The van der Waals surface area contributed by atoms with Crippen molar-refractivity contribution in [2.45, 2.75) is 26.3 Å². The van der Waals surface area contributed by atoms with Gasteiger partial charge in [-0.2, -0.15) is 0 Å². The van der Waals surface area contributed by atoms with Crippen molar-refractivity contribution in [1.29, 1.82) is 0 Å². The highest BCUT2D eigenvalue weighted by Crippen LogP contribution is 2.03. The highest BCUT2D eigenvalue weighted by Gasteiger charge is 2.15. The molecule has 1 atom stereocenters. The highest BCUT2D eigenvalue weighted by molar-refractivity contribution is 5.73. The van der Waals surface area contributed by atoms with Crippen molar-refractivity contribution in [3.8, 4) is 0 Å². The van der Waals surface area contributed by atoms with E-state index < -0.39 is 5.97 Å². The van der Waals surface area contributed by atoms with Crippen molar-refractivity contribution in [2.75, 3.05) is 7.05 Å². The number of carboxylic acids is 1. The van der Waals surface area contributed by atoms with Crippen LogP contribution in [0.25, 0.3) is 0 Å². The molecule has 0 fully saturated rings. The van der Waals surface area contributed by atoms with Gasteiger partial charge in [0.05, 0.1) is 0 Å². The highest BCUT2D eigenvalue weighted by atomic mass is 16.4. The standard InChI is InChI=1S/C7H15NO2.H3N/c1-5(2)4-6(8-3)7(9)10;/h5-6,8H,4H2,1-3H3,(H,9,10);1H3. The van der Waals surface area contributed by atoms with E-state index in [2.05, 4.69) is 5.32 Å². The minimum atomic E-state index is -0.767. The molecule has 0 radical (unpaired) electrons. The Labute approximate surface area is 67.6 Å². The summed E-state index contributed by atoms with van der Waals surface area (Å²) in [6.07, 6.45) is 0.686. The van der Waals surface area contributed by atoms with E-state index in [4.69, 9.17) is 5.11 Å². The summed E-state index contributed by atoms with van der Waals surface area (Å²) < 4.78 is 0. The van der Waals surface area contributed by atoms with Gasteiger partial charge in [0.1, 0.15) is 6.04 Å². The molecule has 0 amide bonds. The second-order valence-corrected chi connectivity index (χ2v) is 2.81. The van der Waals surface area contributed by atoms with Crippen molar-refractivity contribution < 1.29 is 9.90 Å². The largest absolute Gasteiger partial charge is 0.480 e. The first-order valence-electron chi connectivity index (χ1n) is 3.48. The summed E-state index contributed by atoms with van der Waals surface area (Å²) in [7, 11) is 1.67. The Morgan fingerprint density at radius 3 is 2.09 bits per heavy atom. The Morgan fingerprint density at radius 1 is 1.55 bits per heavy atom. The van der Waals surface area contributed by atoms with Gasteiger partial charge in [-0.3, -0.25) is 4.79 Å². The number of hydrogen-bond acceptors (Lipinski definition) is 3. The predicted octanol–water partition coefficient (Wildman–Crippen LogP) is 0.867. The number of rotatable bonds is 4. The zero-order valence-electron chi connectivity index (χ0n) is 7.42. The normalized spacial score (nSPS) is 12.4. The Hall–Kier alpha value is -0.610. The Balaban J connectivity index is 0. The third-order valence-corrected chi connectivity index (χ3v) is 1.35. The van der Waals surface area contributed by atoms with Crippen LogP contribution in [-0.2, 0) is 4.79 Å². The van der Waals surface area contributed by atoms with Gasteiger partial charge in [0.25, 0.3) is 0 Å². The monoisotopic (exact) mass is 162 g/mol. The molecule has 0 spiro atoms. The van der Waals surface area contributed by atoms with Crippen LogP contribution in [0.15, 0.2) is 0 Å². The van der Waals surface area contributed by atoms with Gasteiger partial charge in [-0.25, -0.2) is 0 Å². The molecule has 0 aromatic carbocycles. The number of hydrogen-bond donors (Lipinski definition) is 3. The molecule has 0 aromatic rings. The van der Waals surface area contributed by atoms with E-state index in [0.29, 0.717) is 12.3 Å². The summed E-state index contributed by atoms with van der Waals surface area (Å²) in [5.74, 6) is -0.343. The number of likely N-dealkylation sites (N-methyl/N-ethyl adjacent to an activating group) is 1. The van der Waals surface area contributed by atoms with Crippen LogP contribution >= 0.6 is 0 Å². The minimum Gasteiger partial charge on any atom is -0.480 e. The molecule has 0 bridgehead atoms. The number of carbonyl (C=O) groups is 1. The van der Waals surface area contributed by atoms with Crippen LogP contribution in [-0.4, -0.2) is 24.2 Å². The second-order valence-electron chi connectivity index (χ2n) is 2.81. The molecular weight excluding hydrogens is 144 g/mol. The maximum atomic E-state index is 10.4. The molecule has 0 heterocycles. The predicted molar refractivity (Wildman–Crippen MR) is 45.0 cm³/mol. The lowest BCUT2D eigenvalue weighted by molar-refractivity contribution is -0.139. The summed E-state index contributed by atoms with van der Waals surface area (Å²) in [6.45, 7) is 4.01. The molecule has 5 N–H and O–H groups in total. The summed E-state index contributed by atoms with van der Waals surface area (Å²) in [4.78, 5) is 10.4.